The first kappa shape index (κ1) is 18.4. The van der Waals surface area contributed by atoms with Crippen molar-refractivity contribution in [3.05, 3.63) is 28.8 Å². The summed E-state index contributed by atoms with van der Waals surface area (Å²) >= 11 is 5.99. The molecule has 0 bridgehead atoms. The van der Waals surface area contributed by atoms with E-state index in [9.17, 15) is 4.79 Å². The predicted molar refractivity (Wildman–Crippen MR) is 94.6 cm³/mol. The smallest absolute Gasteiger partial charge is 0.260 e. The van der Waals surface area contributed by atoms with Crippen LogP contribution >= 0.6 is 24.0 Å². The Labute approximate surface area is 148 Å². The minimum Gasteiger partial charge on any atom is -0.484 e. The molecule has 3 rings (SSSR count). The summed E-state index contributed by atoms with van der Waals surface area (Å²) in [5.41, 5.74) is 0.960. The SMILES string of the molecule is Cc1cc(OCC(=O)N2CC[C@@H]3CNC[C@@H]3CC2)ccc1Cl.Cl. The number of ether oxygens (including phenoxy) is 1. The van der Waals surface area contributed by atoms with Crippen molar-refractivity contribution in [2.24, 2.45) is 11.8 Å². The average molecular weight is 359 g/mol. The van der Waals surface area contributed by atoms with Gasteiger partial charge in [0.2, 0.25) is 0 Å². The maximum absolute atomic E-state index is 12.4. The van der Waals surface area contributed by atoms with Gasteiger partial charge in [0.15, 0.2) is 6.61 Å². The van der Waals surface area contributed by atoms with E-state index in [1.165, 1.54) is 0 Å². The van der Waals surface area contributed by atoms with Gasteiger partial charge in [-0.2, -0.15) is 0 Å². The molecule has 1 N–H and O–H groups in total. The van der Waals surface area contributed by atoms with Crippen molar-refractivity contribution in [1.82, 2.24) is 10.2 Å². The third-order valence-electron chi connectivity index (χ3n) is 4.86. The molecule has 0 aromatic heterocycles. The Bertz CT molecular complexity index is 539. The number of halogens is 2. The molecule has 2 saturated heterocycles. The Morgan fingerprint density at radius 3 is 2.57 bits per heavy atom. The van der Waals surface area contributed by atoms with Crippen molar-refractivity contribution in [2.45, 2.75) is 19.8 Å². The minimum atomic E-state index is 0. The number of nitrogens with zero attached hydrogens (tertiary/aromatic N) is 1. The number of nitrogens with one attached hydrogen (secondary N) is 1. The van der Waals surface area contributed by atoms with Crippen LogP contribution in [0.1, 0.15) is 18.4 Å². The summed E-state index contributed by atoms with van der Waals surface area (Å²) in [7, 11) is 0. The molecule has 4 nitrogen and oxygen atoms in total. The van der Waals surface area contributed by atoms with Crippen LogP contribution in [-0.4, -0.2) is 43.6 Å². The highest BCUT2D eigenvalue weighted by molar-refractivity contribution is 6.31. The maximum Gasteiger partial charge on any atom is 0.260 e. The van der Waals surface area contributed by atoms with Gasteiger partial charge in [-0.15, -0.1) is 12.4 Å². The van der Waals surface area contributed by atoms with Crippen molar-refractivity contribution >= 4 is 29.9 Å². The zero-order valence-electron chi connectivity index (χ0n) is 13.4. The zero-order valence-corrected chi connectivity index (χ0v) is 15.0. The van der Waals surface area contributed by atoms with E-state index in [1.54, 1.807) is 12.1 Å². The van der Waals surface area contributed by atoms with Gasteiger partial charge in [-0.05, 0) is 68.5 Å². The largest absolute Gasteiger partial charge is 0.484 e. The fraction of sp³-hybridized carbons (Fsp3) is 0.588. The first-order chi connectivity index (χ1) is 10.6. The molecule has 1 aromatic carbocycles. The van der Waals surface area contributed by atoms with Gasteiger partial charge in [0.05, 0.1) is 0 Å². The van der Waals surface area contributed by atoms with E-state index in [2.05, 4.69) is 5.32 Å². The van der Waals surface area contributed by atoms with E-state index in [1.807, 2.05) is 17.9 Å². The molecule has 0 spiro atoms. The minimum absolute atomic E-state index is 0. The Hall–Kier alpha value is -0.970. The number of hydrogen-bond donors (Lipinski definition) is 1. The number of rotatable bonds is 3. The second kappa shape index (κ2) is 8.22. The number of fused-ring (bicyclic) bond motifs is 1. The van der Waals surface area contributed by atoms with Crippen LogP contribution in [0.25, 0.3) is 0 Å². The Morgan fingerprint density at radius 1 is 1.30 bits per heavy atom. The summed E-state index contributed by atoms with van der Waals surface area (Å²) in [6, 6.07) is 5.48. The quantitative estimate of drug-likeness (QED) is 0.902. The third-order valence-corrected chi connectivity index (χ3v) is 5.29. The van der Waals surface area contributed by atoms with Gasteiger partial charge in [-0.1, -0.05) is 11.6 Å². The van der Waals surface area contributed by atoms with Crippen LogP contribution in [0, 0.1) is 18.8 Å². The van der Waals surface area contributed by atoms with Crippen LogP contribution in [-0.2, 0) is 4.79 Å². The fourth-order valence-electron chi connectivity index (χ4n) is 3.41. The van der Waals surface area contributed by atoms with Gasteiger partial charge in [-0.3, -0.25) is 4.79 Å². The number of carbonyl (C=O) groups is 1. The molecular formula is C17H24Cl2N2O2. The molecule has 2 aliphatic heterocycles. The summed E-state index contributed by atoms with van der Waals surface area (Å²) in [5.74, 6) is 2.25. The Balaban J connectivity index is 0.00000192. The number of amides is 1. The molecule has 2 atom stereocenters. The number of aryl methyl sites for hydroxylation is 1. The highest BCUT2D eigenvalue weighted by Gasteiger charge is 2.31. The molecule has 2 heterocycles. The molecule has 1 amide bonds. The normalized spacial score (nSPS) is 23.7. The fourth-order valence-corrected chi connectivity index (χ4v) is 3.53. The Kier molecular flexibility index (Phi) is 6.57. The van der Waals surface area contributed by atoms with Crippen LogP contribution < -0.4 is 10.1 Å². The molecule has 1 aromatic rings. The molecule has 0 unspecified atom stereocenters. The summed E-state index contributed by atoms with van der Waals surface area (Å²) in [5, 5.41) is 4.17. The number of likely N-dealkylation sites (tertiary alicyclic amines) is 1. The second-order valence-corrected chi connectivity index (χ2v) is 6.74. The van der Waals surface area contributed by atoms with Crippen LogP contribution in [0.3, 0.4) is 0 Å². The molecule has 2 aliphatic rings. The summed E-state index contributed by atoms with van der Waals surface area (Å²) < 4.78 is 5.63. The van der Waals surface area contributed by atoms with E-state index >= 15 is 0 Å². The second-order valence-electron chi connectivity index (χ2n) is 6.34. The number of hydrogen-bond acceptors (Lipinski definition) is 3. The van der Waals surface area contributed by atoms with Gasteiger partial charge in [0, 0.05) is 18.1 Å². The van der Waals surface area contributed by atoms with Crippen molar-refractivity contribution in [1.29, 1.82) is 0 Å². The van der Waals surface area contributed by atoms with Gasteiger partial charge < -0.3 is 15.0 Å². The standard InChI is InChI=1S/C17H23ClN2O2.ClH/c1-12-8-15(2-3-16(12)18)22-11-17(21)20-6-4-13-9-19-10-14(13)5-7-20;/h2-3,8,13-14,19H,4-7,9-11H2,1H3;1H/t13-,14+;. The third kappa shape index (κ3) is 4.52. The van der Waals surface area contributed by atoms with Crippen molar-refractivity contribution in [2.75, 3.05) is 32.8 Å². The van der Waals surface area contributed by atoms with E-state index in [0.717, 1.165) is 56.4 Å². The Morgan fingerprint density at radius 2 is 1.96 bits per heavy atom. The highest BCUT2D eigenvalue weighted by Crippen LogP contribution is 2.27. The van der Waals surface area contributed by atoms with E-state index in [0.29, 0.717) is 10.8 Å². The first-order valence-corrected chi connectivity index (χ1v) is 8.38. The molecule has 0 radical (unpaired) electrons. The lowest BCUT2D eigenvalue weighted by Gasteiger charge is -2.21. The predicted octanol–water partition coefficient (Wildman–Crippen LogP) is 2.91. The first-order valence-electron chi connectivity index (χ1n) is 8.01. The molecule has 128 valence electrons. The lowest BCUT2D eigenvalue weighted by atomic mass is 9.92. The summed E-state index contributed by atoms with van der Waals surface area (Å²) in [6.07, 6.45) is 2.20. The summed E-state index contributed by atoms with van der Waals surface area (Å²) in [6.45, 7) is 5.95. The maximum atomic E-state index is 12.4. The monoisotopic (exact) mass is 358 g/mol. The zero-order chi connectivity index (χ0) is 15.5. The van der Waals surface area contributed by atoms with Gasteiger partial charge in [0.25, 0.3) is 5.91 Å². The van der Waals surface area contributed by atoms with E-state index in [-0.39, 0.29) is 24.9 Å². The number of benzene rings is 1. The summed E-state index contributed by atoms with van der Waals surface area (Å²) in [4.78, 5) is 14.3. The molecule has 0 aliphatic carbocycles. The van der Waals surface area contributed by atoms with Crippen LogP contribution in [0.4, 0.5) is 0 Å². The lowest BCUT2D eigenvalue weighted by molar-refractivity contribution is -0.133. The molecule has 6 heteroatoms. The topological polar surface area (TPSA) is 41.6 Å². The van der Waals surface area contributed by atoms with Crippen LogP contribution in [0.2, 0.25) is 5.02 Å². The van der Waals surface area contributed by atoms with Gasteiger partial charge >= 0.3 is 0 Å². The molecular weight excluding hydrogens is 335 g/mol. The molecule has 2 fully saturated rings. The van der Waals surface area contributed by atoms with E-state index in [4.69, 9.17) is 16.3 Å². The van der Waals surface area contributed by atoms with Crippen LogP contribution in [0.15, 0.2) is 18.2 Å². The highest BCUT2D eigenvalue weighted by atomic mass is 35.5. The van der Waals surface area contributed by atoms with Crippen molar-refractivity contribution in [3.8, 4) is 5.75 Å². The average Bonchev–Trinajstić information content (AvgIpc) is 2.87. The lowest BCUT2D eigenvalue weighted by Crippen LogP contribution is -2.36. The van der Waals surface area contributed by atoms with Crippen molar-refractivity contribution in [3.63, 3.8) is 0 Å². The molecule has 23 heavy (non-hydrogen) atoms. The van der Waals surface area contributed by atoms with Crippen LogP contribution in [0.5, 0.6) is 5.75 Å². The van der Waals surface area contributed by atoms with E-state index < -0.39 is 0 Å². The van der Waals surface area contributed by atoms with Crippen molar-refractivity contribution < 1.29 is 9.53 Å². The van der Waals surface area contributed by atoms with Gasteiger partial charge in [0.1, 0.15) is 5.75 Å². The molecule has 0 saturated carbocycles. The number of carbonyl (C=O) groups excluding carboxylic acids is 1. The van der Waals surface area contributed by atoms with Gasteiger partial charge in [-0.25, -0.2) is 0 Å².